The molecule has 0 radical (unpaired) electrons. The van der Waals surface area contributed by atoms with Crippen molar-refractivity contribution in [3.05, 3.63) is 17.7 Å². The van der Waals surface area contributed by atoms with Crippen LogP contribution in [0.4, 0.5) is 0 Å². The van der Waals surface area contributed by atoms with Crippen LogP contribution in [0.1, 0.15) is 39.1 Å². The molecule has 1 atom stereocenters. The maximum absolute atomic E-state index is 13.1. The minimum Gasteiger partial charge on any atom is -0.493 e. The Hall–Kier alpha value is -1.27. The zero-order chi connectivity index (χ0) is 18.5. The summed E-state index contributed by atoms with van der Waals surface area (Å²) in [5.41, 5.74) is 0.286. The standard InChI is InChI=1S/C16H27O7P/c1-10(2)22-24(18,23-11(3)4)16(17)12-8-13(19-5)15(21-7)14(9-12)20-6/h8-11,16-17H,1-7H3/t16-/m1/s1. The smallest absolute Gasteiger partial charge is 0.363 e. The summed E-state index contributed by atoms with van der Waals surface area (Å²) in [6.07, 6.45) is -0.766. The molecule has 24 heavy (non-hydrogen) atoms. The van der Waals surface area contributed by atoms with E-state index in [-0.39, 0.29) is 17.8 Å². The Morgan fingerprint density at radius 3 is 1.58 bits per heavy atom. The van der Waals surface area contributed by atoms with E-state index in [9.17, 15) is 9.67 Å². The molecular weight excluding hydrogens is 335 g/mol. The summed E-state index contributed by atoms with van der Waals surface area (Å²) in [4.78, 5) is 0. The molecule has 0 saturated heterocycles. The minimum absolute atomic E-state index is 0.286. The summed E-state index contributed by atoms with van der Waals surface area (Å²) < 4.78 is 39.7. The lowest BCUT2D eigenvalue weighted by Gasteiger charge is -2.27. The van der Waals surface area contributed by atoms with Gasteiger partial charge in [-0.15, -0.1) is 0 Å². The monoisotopic (exact) mass is 362 g/mol. The number of aliphatic hydroxyl groups is 1. The van der Waals surface area contributed by atoms with Crippen LogP contribution in [0.15, 0.2) is 12.1 Å². The summed E-state index contributed by atoms with van der Waals surface area (Å²) in [7, 11) is 0.573. The molecule has 0 aliphatic carbocycles. The molecular formula is C16H27O7P. The summed E-state index contributed by atoms with van der Waals surface area (Å²) in [5.74, 6) is -0.436. The molecule has 8 heteroatoms. The van der Waals surface area contributed by atoms with E-state index in [1.807, 2.05) is 0 Å². The van der Waals surface area contributed by atoms with E-state index in [4.69, 9.17) is 23.3 Å². The lowest BCUT2D eigenvalue weighted by Crippen LogP contribution is -2.13. The average molecular weight is 362 g/mol. The van der Waals surface area contributed by atoms with Crippen molar-refractivity contribution in [2.75, 3.05) is 21.3 Å². The van der Waals surface area contributed by atoms with Crippen LogP contribution in [-0.2, 0) is 13.6 Å². The third-order valence-electron chi connectivity index (χ3n) is 3.00. The Labute approximate surface area is 143 Å². The van der Waals surface area contributed by atoms with E-state index in [0.29, 0.717) is 17.2 Å². The van der Waals surface area contributed by atoms with Gasteiger partial charge < -0.3 is 28.4 Å². The molecule has 0 aliphatic rings. The quantitative estimate of drug-likeness (QED) is 0.670. The Morgan fingerprint density at radius 1 is 0.875 bits per heavy atom. The maximum Gasteiger partial charge on any atom is 0.363 e. The molecule has 0 spiro atoms. The van der Waals surface area contributed by atoms with Crippen LogP contribution < -0.4 is 14.2 Å². The summed E-state index contributed by atoms with van der Waals surface area (Å²) in [5, 5.41) is 10.7. The van der Waals surface area contributed by atoms with Crippen molar-refractivity contribution in [1.29, 1.82) is 0 Å². The van der Waals surface area contributed by atoms with Crippen LogP contribution in [0.3, 0.4) is 0 Å². The van der Waals surface area contributed by atoms with E-state index in [1.54, 1.807) is 27.7 Å². The van der Waals surface area contributed by atoms with Gasteiger partial charge in [-0.25, -0.2) is 0 Å². The van der Waals surface area contributed by atoms with Gasteiger partial charge in [0.2, 0.25) is 5.75 Å². The number of benzene rings is 1. The predicted octanol–water partition coefficient (Wildman–Crippen LogP) is 3.75. The number of hydrogen-bond acceptors (Lipinski definition) is 7. The molecule has 0 heterocycles. The Bertz CT molecular complexity index is 547. The summed E-state index contributed by atoms with van der Waals surface area (Å²) >= 11 is 0. The first kappa shape index (κ1) is 20.8. The van der Waals surface area contributed by atoms with Crippen LogP contribution in [0, 0.1) is 0 Å². The van der Waals surface area contributed by atoms with Crippen molar-refractivity contribution in [2.24, 2.45) is 0 Å². The molecule has 0 fully saturated rings. The number of hydrogen-bond donors (Lipinski definition) is 1. The third kappa shape index (κ3) is 4.86. The van der Waals surface area contributed by atoms with Gasteiger partial charge in [0.25, 0.3) is 0 Å². The first-order valence-corrected chi connectivity index (χ1v) is 9.24. The summed E-state index contributed by atoms with van der Waals surface area (Å²) in [6.45, 7) is 6.88. The molecule has 1 N–H and O–H groups in total. The Kier molecular flexibility index (Phi) is 7.55. The number of rotatable bonds is 9. The van der Waals surface area contributed by atoms with Gasteiger partial charge in [-0.3, -0.25) is 4.57 Å². The van der Waals surface area contributed by atoms with Crippen molar-refractivity contribution >= 4 is 7.60 Å². The van der Waals surface area contributed by atoms with Gasteiger partial charge in [0.1, 0.15) is 0 Å². The highest BCUT2D eigenvalue weighted by Crippen LogP contribution is 2.62. The number of methoxy groups -OCH3 is 3. The lowest BCUT2D eigenvalue weighted by molar-refractivity contribution is 0.101. The fourth-order valence-corrected chi connectivity index (χ4v) is 4.13. The van der Waals surface area contributed by atoms with Crippen molar-refractivity contribution in [3.63, 3.8) is 0 Å². The molecule has 0 aliphatic heterocycles. The van der Waals surface area contributed by atoms with Crippen LogP contribution in [0.5, 0.6) is 17.2 Å². The Balaban J connectivity index is 3.37. The van der Waals surface area contributed by atoms with E-state index in [2.05, 4.69) is 0 Å². The van der Waals surface area contributed by atoms with E-state index < -0.39 is 13.4 Å². The molecule has 0 unspecified atom stereocenters. The van der Waals surface area contributed by atoms with Gasteiger partial charge in [0.05, 0.1) is 33.5 Å². The van der Waals surface area contributed by atoms with Crippen LogP contribution in [-0.4, -0.2) is 38.6 Å². The van der Waals surface area contributed by atoms with Gasteiger partial charge in [-0.1, -0.05) is 0 Å². The minimum atomic E-state index is -3.83. The van der Waals surface area contributed by atoms with Crippen LogP contribution >= 0.6 is 7.60 Å². The maximum atomic E-state index is 13.1. The van der Waals surface area contributed by atoms with Crippen molar-refractivity contribution < 1.29 is 32.9 Å². The van der Waals surface area contributed by atoms with E-state index >= 15 is 0 Å². The van der Waals surface area contributed by atoms with E-state index in [0.717, 1.165) is 0 Å². The molecule has 0 saturated carbocycles. The Morgan fingerprint density at radius 2 is 1.29 bits per heavy atom. The van der Waals surface area contributed by atoms with Gasteiger partial charge in [-0.05, 0) is 39.8 Å². The molecule has 138 valence electrons. The molecule has 0 aromatic heterocycles. The molecule has 0 amide bonds. The van der Waals surface area contributed by atoms with Gasteiger partial charge in [0.15, 0.2) is 17.3 Å². The molecule has 7 nitrogen and oxygen atoms in total. The summed E-state index contributed by atoms with van der Waals surface area (Å²) in [6, 6.07) is 3.04. The number of aliphatic hydroxyl groups excluding tert-OH is 1. The first-order valence-electron chi connectivity index (χ1n) is 7.63. The lowest BCUT2D eigenvalue weighted by atomic mass is 10.2. The second-order valence-electron chi connectivity index (χ2n) is 5.68. The fourth-order valence-electron chi connectivity index (χ4n) is 2.16. The van der Waals surface area contributed by atoms with E-state index in [1.165, 1.54) is 33.5 Å². The van der Waals surface area contributed by atoms with Gasteiger partial charge >= 0.3 is 7.60 Å². The number of ether oxygens (including phenoxy) is 3. The predicted molar refractivity (Wildman–Crippen MR) is 91.1 cm³/mol. The normalized spacial score (nSPS) is 13.2. The highest BCUT2D eigenvalue weighted by atomic mass is 31.2. The van der Waals surface area contributed by atoms with Gasteiger partial charge in [0, 0.05) is 5.56 Å². The second-order valence-corrected chi connectivity index (χ2v) is 7.67. The molecule has 1 aromatic rings. The topological polar surface area (TPSA) is 83.5 Å². The van der Waals surface area contributed by atoms with Crippen molar-refractivity contribution in [1.82, 2.24) is 0 Å². The molecule has 1 aromatic carbocycles. The SMILES string of the molecule is COc1cc([C@H](O)P(=O)(OC(C)C)OC(C)C)cc(OC)c1OC. The van der Waals surface area contributed by atoms with Crippen molar-refractivity contribution in [3.8, 4) is 17.2 Å². The second kappa shape index (κ2) is 8.72. The highest BCUT2D eigenvalue weighted by Gasteiger charge is 2.39. The third-order valence-corrected chi connectivity index (χ3v) is 5.33. The van der Waals surface area contributed by atoms with Crippen molar-refractivity contribution in [2.45, 2.75) is 45.7 Å². The first-order chi connectivity index (χ1) is 11.2. The largest absolute Gasteiger partial charge is 0.493 e. The molecule has 0 bridgehead atoms. The zero-order valence-corrected chi connectivity index (χ0v) is 16.1. The van der Waals surface area contributed by atoms with Crippen LogP contribution in [0.2, 0.25) is 0 Å². The van der Waals surface area contributed by atoms with Gasteiger partial charge in [-0.2, -0.15) is 0 Å². The zero-order valence-electron chi connectivity index (χ0n) is 15.2. The molecule has 1 rings (SSSR count). The highest BCUT2D eigenvalue weighted by molar-refractivity contribution is 7.54. The average Bonchev–Trinajstić information content (AvgIpc) is 2.50. The van der Waals surface area contributed by atoms with Crippen LogP contribution in [0.25, 0.3) is 0 Å². The fraction of sp³-hybridized carbons (Fsp3) is 0.625.